The van der Waals surface area contributed by atoms with Gasteiger partial charge in [-0.05, 0) is 36.1 Å². The molecule has 2 rings (SSSR count). The summed E-state index contributed by atoms with van der Waals surface area (Å²) in [7, 11) is 0. The maximum atomic E-state index is 3.39. The normalized spacial score (nSPS) is 16.5. The third-order valence-electron chi connectivity index (χ3n) is 3.43. The van der Waals surface area contributed by atoms with Gasteiger partial charge >= 0.3 is 0 Å². The third-order valence-corrected chi connectivity index (χ3v) is 3.43. The Labute approximate surface area is 98.7 Å². The zero-order valence-electron chi connectivity index (χ0n) is 10.4. The van der Waals surface area contributed by atoms with Gasteiger partial charge in [0.2, 0.25) is 0 Å². The number of nitrogens with zero attached hydrogens (tertiary/aromatic N) is 1. The van der Waals surface area contributed by atoms with Crippen molar-refractivity contribution in [2.75, 3.05) is 31.1 Å². The first-order valence-corrected chi connectivity index (χ1v) is 6.42. The molecule has 0 spiro atoms. The van der Waals surface area contributed by atoms with Crippen LogP contribution < -0.4 is 10.2 Å². The van der Waals surface area contributed by atoms with Gasteiger partial charge in [-0.3, -0.25) is 0 Å². The highest BCUT2D eigenvalue weighted by atomic mass is 15.2. The molecule has 1 aliphatic heterocycles. The van der Waals surface area contributed by atoms with Crippen molar-refractivity contribution in [1.82, 2.24) is 5.32 Å². The van der Waals surface area contributed by atoms with Crippen LogP contribution in [-0.4, -0.2) is 26.2 Å². The van der Waals surface area contributed by atoms with Gasteiger partial charge in [-0.25, -0.2) is 0 Å². The van der Waals surface area contributed by atoms with E-state index in [4.69, 9.17) is 0 Å². The smallest absolute Gasteiger partial charge is 0.0370 e. The summed E-state index contributed by atoms with van der Waals surface area (Å²) in [6.07, 6.45) is 2.29. The fourth-order valence-corrected chi connectivity index (χ4v) is 2.41. The summed E-state index contributed by atoms with van der Waals surface area (Å²) < 4.78 is 0. The fourth-order valence-electron chi connectivity index (χ4n) is 2.41. The Morgan fingerprint density at radius 3 is 2.38 bits per heavy atom. The number of nitrogens with one attached hydrogen (secondary N) is 1. The molecule has 16 heavy (non-hydrogen) atoms. The number of hydrogen-bond donors (Lipinski definition) is 1. The second-order valence-corrected chi connectivity index (χ2v) is 4.40. The van der Waals surface area contributed by atoms with Crippen molar-refractivity contribution in [2.45, 2.75) is 26.7 Å². The molecule has 1 aromatic carbocycles. The molecule has 0 saturated carbocycles. The maximum absolute atomic E-state index is 3.39. The molecule has 1 saturated heterocycles. The number of benzene rings is 1. The van der Waals surface area contributed by atoms with Gasteiger partial charge in [0.1, 0.15) is 0 Å². The van der Waals surface area contributed by atoms with E-state index in [1.54, 1.807) is 0 Å². The van der Waals surface area contributed by atoms with Gasteiger partial charge in [-0.15, -0.1) is 0 Å². The molecule has 1 N–H and O–H groups in total. The predicted molar refractivity (Wildman–Crippen MR) is 70.3 cm³/mol. The summed E-state index contributed by atoms with van der Waals surface area (Å²) in [5, 5.41) is 3.39. The lowest BCUT2D eigenvalue weighted by Gasteiger charge is -2.30. The molecule has 0 atom stereocenters. The van der Waals surface area contributed by atoms with E-state index in [1.165, 1.54) is 16.8 Å². The zero-order valence-corrected chi connectivity index (χ0v) is 10.4. The molecule has 1 aliphatic rings. The van der Waals surface area contributed by atoms with Crippen LogP contribution in [0.25, 0.3) is 0 Å². The first-order chi connectivity index (χ1) is 7.85. The SMILES string of the molecule is CCc1ccc(N2CCNCC2)cc1CC. The lowest BCUT2D eigenvalue weighted by molar-refractivity contribution is 0.589. The lowest BCUT2D eigenvalue weighted by Crippen LogP contribution is -2.43. The molecule has 0 amide bonds. The standard InChI is InChI=1S/C14H22N2/c1-3-12-5-6-14(11-13(12)4-2)16-9-7-15-8-10-16/h5-6,11,15H,3-4,7-10H2,1-2H3. The summed E-state index contributed by atoms with van der Waals surface area (Å²) in [5.41, 5.74) is 4.41. The number of anilines is 1. The van der Waals surface area contributed by atoms with Crippen molar-refractivity contribution < 1.29 is 0 Å². The van der Waals surface area contributed by atoms with Gasteiger partial charge in [0.15, 0.2) is 0 Å². The topological polar surface area (TPSA) is 15.3 Å². The summed E-state index contributed by atoms with van der Waals surface area (Å²) in [6, 6.07) is 6.96. The molecule has 1 aromatic rings. The largest absolute Gasteiger partial charge is 0.369 e. The average Bonchev–Trinajstić information content (AvgIpc) is 2.39. The highest BCUT2D eigenvalue weighted by Gasteiger charge is 2.11. The summed E-state index contributed by atoms with van der Waals surface area (Å²) in [5.74, 6) is 0. The second kappa shape index (κ2) is 5.35. The predicted octanol–water partition coefficient (Wildman–Crippen LogP) is 2.22. The van der Waals surface area contributed by atoms with Crippen LogP contribution in [0.5, 0.6) is 0 Å². The van der Waals surface area contributed by atoms with Crippen LogP contribution >= 0.6 is 0 Å². The van der Waals surface area contributed by atoms with Crippen molar-refractivity contribution in [3.8, 4) is 0 Å². The van der Waals surface area contributed by atoms with Crippen molar-refractivity contribution in [3.63, 3.8) is 0 Å². The zero-order chi connectivity index (χ0) is 11.4. The van der Waals surface area contributed by atoms with Gasteiger partial charge in [0.05, 0.1) is 0 Å². The van der Waals surface area contributed by atoms with E-state index < -0.39 is 0 Å². The van der Waals surface area contributed by atoms with Crippen molar-refractivity contribution in [2.24, 2.45) is 0 Å². The Morgan fingerprint density at radius 2 is 1.75 bits per heavy atom. The molecule has 0 bridgehead atoms. The quantitative estimate of drug-likeness (QED) is 0.837. The first-order valence-electron chi connectivity index (χ1n) is 6.42. The molecule has 1 fully saturated rings. The molecule has 0 radical (unpaired) electrons. The molecule has 0 aliphatic carbocycles. The highest BCUT2D eigenvalue weighted by Crippen LogP contribution is 2.21. The molecule has 2 nitrogen and oxygen atoms in total. The van der Waals surface area contributed by atoms with Crippen LogP contribution in [0.3, 0.4) is 0 Å². The van der Waals surface area contributed by atoms with Crippen LogP contribution in [0.1, 0.15) is 25.0 Å². The van der Waals surface area contributed by atoms with Gasteiger partial charge in [-0.2, -0.15) is 0 Å². The van der Waals surface area contributed by atoms with Crippen molar-refractivity contribution in [1.29, 1.82) is 0 Å². The van der Waals surface area contributed by atoms with Crippen LogP contribution in [0.2, 0.25) is 0 Å². The fraction of sp³-hybridized carbons (Fsp3) is 0.571. The Bertz CT molecular complexity index is 341. The van der Waals surface area contributed by atoms with Gasteiger partial charge in [0, 0.05) is 31.9 Å². The Morgan fingerprint density at radius 1 is 1.06 bits per heavy atom. The lowest BCUT2D eigenvalue weighted by atomic mass is 10.0. The second-order valence-electron chi connectivity index (χ2n) is 4.40. The molecule has 0 aromatic heterocycles. The minimum atomic E-state index is 1.11. The molecule has 88 valence electrons. The molecular formula is C14H22N2. The van der Waals surface area contributed by atoms with Crippen LogP contribution in [-0.2, 0) is 12.8 Å². The van der Waals surface area contributed by atoms with Crippen LogP contribution in [0.4, 0.5) is 5.69 Å². The van der Waals surface area contributed by atoms with Gasteiger partial charge < -0.3 is 10.2 Å². The number of piperazine rings is 1. The minimum Gasteiger partial charge on any atom is -0.369 e. The van der Waals surface area contributed by atoms with E-state index in [2.05, 4.69) is 42.3 Å². The van der Waals surface area contributed by atoms with E-state index in [-0.39, 0.29) is 0 Å². The Kier molecular flexibility index (Phi) is 3.83. The van der Waals surface area contributed by atoms with E-state index >= 15 is 0 Å². The average molecular weight is 218 g/mol. The minimum absolute atomic E-state index is 1.11. The summed E-state index contributed by atoms with van der Waals surface area (Å²) in [4.78, 5) is 2.48. The first kappa shape index (κ1) is 11.5. The molecule has 2 heteroatoms. The number of hydrogen-bond acceptors (Lipinski definition) is 2. The van der Waals surface area contributed by atoms with E-state index in [0.717, 1.165) is 39.0 Å². The Balaban J connectivity index is 2.20. The third kappa shape index (κ3) is 2.38. The van der Waals surface area contributed by atoms with Crippen LogP contribution in [0, 0.1) is 0 Å². The Hall–Kier alpha value is -1.02. The van der Waals surface area contributed by atoms with Crippen molar-refractivity contribution >= 4 is 5.69 Å². The van der Waals surface area contributed by atoms with Gasteiger partial charge in [-0.1, -0.05) is 19.9 Å². The van der Waals surface area contributed by atoms with Crippen LogP contribution in [0.15, 0.2) is 18.2 Å². The van der Waals surface area contributed by atoms with Crippen molar-refractivity contribution in [3.05, 3.63) is 29.3 Å². The maximum Gasteiger partial charge on any atom is 0.0370 e. The highest BCUT2D eigenvalue weighted by molar-refractivity contribution is 5.51. The summed E-state index contributed by atoms with van der Waals surface area (Å²) in [6.45, 7) is 8.96. The summed E-state index contributed by atoms with van der Waals surface area (Å²) >= 11 is 0. The van der Waals surface area contributed by atoms with E-state index in [9.17, 15) is 0 Å². The number of rotatable bonds is 3. The van der Waals surface area contributed by atoms with E-state index in [1.807, 2.05) is 0 Å². The monoisotopic (exact) mass is 218 g/mol. The molecule has 0 unspecified atom stereocenters. The van der Waals surface area contributed by atoms with E-state index in [0.29, 0.717) is 0 Å². The molecular weight excluding hydrogens is 196 g/mol. The number of aryl methyl sites for hydroxylation is 2. The van der Waals surface area contributed by atoms with Gasteiger partial charge in [0.25, 0.3) is 0 Å². The molecule has 1 heterocycles.